The van der Waals surface area contributed by atoms with Crippen LogP contribution in [0.4, 0.5) is 4.39 Å². The van der Waals surface area contributed by atoms with Gasteiger partial charge in [0.25, 0.3) is 0 Å². The molecule has 1 heteroatoms. The van der Waals surface area contributed by atoms with Crippen LogP contribution in [0.25, 0.3) is 6.08 Å². The standard InChI is InChI=1S/C33H35F/c1-7-10-11-21-33(26(6)15-14-25(5)30-20-13-24(4)22-31(30)33)32(34)29(12-8-2)23-28-18-16-27(9-3)17-19-28/h7-11,13-22,25H,2-3,6,12,23H2,1,4-5H3/b10-7-,21-11-,32-29+. The highest BCUT2D eigenvalue weighted by Gasteiger charge is 2.41. The Labute approximate surface area is 204 Å². The van der Waals surface area contributed by atoms with Gasteiger partial charge in [-0.1, -0.05) is 117 Å². The van der Waals surface area contributed by atoms with E-state index in [0.29, 0.717) is 18.4 Å². The van der Waals surface area contributed by atoms with Gasteiger partial charge in [0.2, 0.25) is 0 Å². The molecule has 0 spiro atoms. The topological polar surface area (TPSA) is 0 Å². The quantitative estimate of drug-likeness (QED) is 0.278. The summed E-state index contributed by atoms with van der Waals surface area (Å²) in [5.74, 6) is -0.0111. The van der Waals surface area contributed by atoms with Gasteiger partial charge in [-0.15, -0.1) is 6.58 Å². The van der Waals surface area contributed by atoms with Crippen LogP contribution in [0, 0.1) is 6.92 Å². The molecule has 0 saturated heterocycles. The Morgan fingerprint density at radius 3 is 2.47 bits per heavy atom. The zero-order valence-electron chi connectivity index (χ0n) is 20.7. The number of benzene rings is 2. The first kappa shape index (κ1) is 25.2. The maximum atomic E-state index is 17.1. The van der Waals surface area contributed by atoms with E-state index in [1.807, 2.05) is 67.6 Å². The van der Waals surface area contributed by atoms with Crippen molar-refractivity contribution in [3.05, 3.63) is 150 Å². The molecule has 2 aromatic rings. The Morgan fingerprint density at radius 1 is 1.09 bits per heavy atom. The average Bonchev–Trinajstić information content (AvgIpc) is 2.94. The molecule has 0 bridgehead atoms. The lowest BCUT2D eigenvalue weighted by Crippen LogP contribution is -2.29. The van der Waals surface area contributed by atoms with Crippen LogP contribution in [-0.2, 0) is 11.8 Å². The second kappa shape index (κ2) is 11.1. The molecular formula is C33H35F. The molecule has 0 fully saturated rings. The zero-order valence-corrected chi connectivity index (χ0v) is 20.7. The van der Waals surface area contributed by atoms with Gasteiger partial charge in [0.15, 0.2) is 0 Å². The van der Waals surface area contributed by atoms with E-state index in [9.17, 15) is 0 Å². The van der Waals surface area contributed by atoms with Crippen LogP contribution >= 0.6 is 0 Å². The molecule has 2 atom stereocenters. The molecule has 2 aromatic carbocycles. The van der Waals surface area contributed by atoms with E-state index in [2.05, 4.69) is 57.9 Å². The summed E-state index contributed by atoms with van der Waals surface area (Å²) in [5.41, 5.74) is 5.63. The first-order valence-electron chi connectivity index (χ1n) is 11.9. The maximum absolute atomic E-state index is 17.1. The fourth-order valence-corrected chi connectivity index (χ4v) is 4.63. The number of fused-ring (bicyclic) bond motifs is 1. The third kappa shape index (κ3) is 5.04. The minimum absolute atomic E-state index is 0.159. The molecule has 0 N–H and O–H groups in total. The highest BCUT2D eigenvalue weighted by molar-refractivity contribution is 5.61. The Hall–Kier alpha value is -3.45. The van der Waals surface area contributed by atoms with Crippen molar-refractivity contribution in [1.29, 1.82) is 0 Å². The minimum Gasteiger partial charge on any atom is -0.210 e. The second-order valence-corrected chi connectivity index (χ2v) is 8.99. The SMILES string of the molecule is C=CC/C(Cc1ccc(C=C)cc1)=C(\F)C1(/C=C\C=C/C)C(=C)C=CC(C)c2ccc(C)cc21. The summed E-state index contributed by atoms with van der Waals surface area (Å²) in [6.07, 6.45) is 16.5. The van der Waals surface area contributed by atoms with Gasteiger partial charge in [-0.3, -0.25) is 0 Å². The molecular weight excluding hydrogens is 415 g/mol. The Kier molecular flexibility index (Phi) is 8.23. The van der Waals surface area contributed by atoms with Crippen molar-refractivity contribution in [2.24, 2.45) is 0 Å². The molecule has 2 unspecified atom stereocenters. The summed E-state index contributed by atoms with van der Waals surface area (Å²) in [6, 6.07) is 14.5. The molecule has 3 rings (SSSR count). The summed E-state index contributed by atoms with van der Waals surface area (Å²) in [4.78, 5) is 0. The van der Waals surface area contributed by atoms with E-state index < -0.39 is 5.41 Å². The van der Waals surface area contributed by atoms with E-state index in [1.54, 1.807) is 6.08 Å². The van der Waals surface area contributed by atoms with Crippen LogP contribution in [0.5, 0.6) is 0 Å². The second-order valence-electron chi connectivity index (χ2n) is 8.99. The third-order valence-electron chi connectivity index (χ3n) is 6.55. The molecule has 1 aliphatic rings. The molecule has 0 aromatic heterocycles. The molecule has 0 aliphatic heterocycles. The van der Waals surface area contributed by atoms with Crippen molar-refractivity contribution >= 4 is 6.08 Å². The minimum atomic E-state index is -1.08. The largest absolute Gasteiger partial charge is 0.210 e. The molecule has 0 heterocycles. The third-order valence-corrected chi connectivity index (χ3v) is 6.55. The number of aryl methyl sites for hydroxylation is 1. The summed E-state index contributed by atoms with van der Waals surface area (Å²) >= 11 is 0. The molecule has 0 saturated carbocycles. The number of hydrogen-bond acceptors (Lipinski definition) is 0. The lowest BCUT2D eigenvalue weighted by Gasteiger charge is -2.34. The summed E-state index contributed by atoms with van der Waals surface area (Å²) in [5, 5.41) is 0. The normalized spacial score (nSPS) is 20.8. The van der Waals surface area contributed by atoms with Crippen LogP contribution in [0.15, 0.2) is 122 Å². The first-order chi connectivity index (χ1) is 16.4. The lowest BCUT2D eigenvalue weighted by molar-refractivity contribution is 0.499. The van der Waals surface area contributed by atoms with Gasteiger partial charge in [-0.05, 0) is 66.0 Å². The van der Waals surface area contributed by atoms with Crippen LogP contribution in [-0.4, -0.2) is 0 Å². The Balaban J connectivity index is 2.31. The number of halogens is 1. The number of hydrogen-bond donors (Lipinski definition) is 0. The van der Waals surface area contributed by atoms with E-state index in [0.717, 1.165) is 33.4 Å². The predicted molar refractivity (Wildman–Crippen MR) is 147 cm³/mol. The van der Waals surface area contributed by atoms with Crippen molar-refractivity contribution in [3.63, 3.8) is 0 Å². The average molecular weight is 451 g/mol. The number of allylic oxidation sites excluding steroid dienone is 10. The lowest BCUT2D eigenvalue weighted by atomic mass is 9.69. The van der Waals surface area contributed by atoms with Gasteiger partial charge >= 0.3 is 0 Å². The van der Waals surface area contributed by atoms with Crippen LogP contribution in [0.1, 0.15) is 54.0 Å². The van der Waals surface area contributed by atoms with E-state index in [-0.39, 0.29) is 11.7 Å². The highest BCUT2D eigenvalue weighted by atomic mass is 19.1. The van der Waals surface area contributed by atoms with Crippen molar-refractivity contribution in [1.82, 2.24) is 0 Å². The molecule has 0 radical (unpaired) electrons. The van der Waals surface area contributed by atoms with Crippen LogP contribution < -0.4 is 0 Å². The fraction of sp³-hybridized carbons (Fsp3) is 0.212. The molecule has 174 valence electrons. The monoisotopic (exact) mass is 450 g/mol. The zero-order chi connectivity index (χ0) is 24.7. The van der Waals surface area contributed by atoms with Gasteiger partial charge in [-0.25, -0.2) is 4.39 Å². The highest BCUT2D eigenvalue weighted by Crippen LogP contribution is 2.49. The maximum Gasteiger partial charge on any atom is 0.119 e. The van der Waals surface area contributed by atoms with Crippen molar-refractivity contribution < 1.29 is 4.39 Å². The van der Waals surface area contributed by atoms with Crippen molar-refractivity contribution in [2.45, 2.75) is 44.9 Å². The molecule has 1 aliphatic carbocycles. The first-order valence-corrected chi connectivity index (χ1v) is 11.9. The molecule has 0 nitrogen and oxygen atoms in total. The molecule has 34 heavy (non-hydrogen) atoms. The Bertz CT molecular complexity index is 1180. The van der Waals surface area contributed by atoms with Gasteiger partial charge in [-0.2, -0.15) is 0 Å². The molecule has 0 amide bonds. The van der Waals surface area contributed by atoms with Gasteiger partial charge in [0.1, 0.15) is 5.83 Å². The Morgan fingerprint density at radius 2 is 1.82 bits per heavy atom. The fourth-order valence-electron chi connectivity index (χ4n) is 4.63. The number of rotatable bonds is 8. The van der Waals surface area contributed by atoms with Gasteiger partial charge < -0.3 is 0 Å². The summed E-state index contributed by atoms with van der Waals surface area (Å²) in [6.45, 7) is 18.3. The van der Waals surface area contributed by atoms with E-state index >= 15 is 4.39 Å². The smallest absolute Gasteiger partial charge is 0.119 e. The van der Waals surface area contributed by atoms with E-state index in [1.165, 1.54) is 0 Å². The van der Waals surface area contributed by atoms with Gasteiger partial charge in [0.05, 0.1) is 5.41 Å². The predicted octanol–water partition coefficient (Wildman–Crippen LogP) is 9.28. The van der Waals surface area contributed by atoms with E-state index in [4.69, 9.17) is 0 Å². The van der Waals surface area contributed by atoms with Crippen molar-refractivity contribution in [2.75, 3.05) is 0 Å². The van der Waals surface area contributed by atoms with Crippen LogP contribution in [0.2, 0.25) is 0 Å². The van der Waals surface area contributed by atoms with Crippen molar-refractivity contribution in [3.8, 4) is 0 Å². The van der Waals surface area contributed by atoms with Crippen LogP contribution in [0.3, 0.4) is 0 Å². The van der Waals surface area contributed by atoms with Gasteiger partial charge in [0, 0.05) is 0 Å². The summed E-state index contributed by atoms with van der Waals surface area (Å²) in [7, 11) is 0. The summed E-state index contributed by atoms with van der Waals surface area (Å²) < 4.78 is 17.1.